The average Bonchev–Trinajstić information content (AvgIpc) is 2.25. The summed E-state index contributed by atoms with van der Waals surface area (Å²) in [5.41, 5.74) is -2.22. The largest absolute Gasteiger partial charge is 0.496 e. The van der Waals surface area contributed by atoms with Crippen LogP contribution in [0.15, 0.2) is 12.1 Å². The second-order valence-corrected chi connectivity index (χ2v) is 3.38. The van der Waals surface area contributed by atoms with E-state index in [1.165, 1.54) is 0 Å². The standard InChI is InChI=1S/C10H6ClF3O3/c1-17-7-3-5(4-15)2-6(9(11)16)8(7)10(12,13)14/h2-4H,1H3. The highest BCUT2D eigenvalue weighted by Crippen LogP contribution is 2.39. The van der Waals surface area contributed by atoms with Crippen LogP contribution in [0.4, 0.5) is 13.2 Å². The monoisotopic (exact) mass is 266 g/mol. The van der Waals surface area contributed by atoms with Crippen LogP contribution in [-0.2, 0) is 6.18 Å². The quantitative estimate of drug-likeness (QED) is 0.624. The molecule has 0 heterocycles. The molecule has 7 heteroatoms. The van der Waals surface area contributed by atoms with E-state index in [9.17, 15) is 22.8 Å². The molecule has 0 unspecified atom stereocenters. The van der Waals surface area contributed by atoms with Crippen LogP contribution in [0, 0.1) is 0 Å². The van der Waals surface area contributed by atoms with Crippen molar-refractivity contribution < 1.29 is 27.5 Å². The lowest BCUT2D eigenvalue weighted by atomic mass is 10.0. The maximum atomic E-state index is 12.7. The van der Waals surface area contributed by atoms with E-state index in [4.69, 9.17) is 11.6 Å². The zero-order valence-corrected chi connectivity index (χ0v) is 9.22. The van der Waals surface area contributed by atoms with Crippen molar-refractivity contribution in [1.29, 1.82) is 0 Å². The topological polar surface area (TPSA) is 43.4 Å². The predicted octanol–water partition coefficient (Wildman–Crippen LogP) is 2.91. The number of rotatable bonds is 3. The lowest BCUT2D eigenvalue weighted by molar-refractivity contribution is -0.139. The molecule has 0 saturated heterocycles. The van der Waals surface area contributed by atoms with Crippen LogP contribution >= 0.6 is 11.6 Å². The number of ether oxygens (including phenoxy) is 1. The Morgan fingerprint density at radius 3 is 2.35 bits per heavy atom. The fourth-order valence-corrected chi connectivity index (χ4v) is 1.46. The number of halogens is 4. The van der Waals surface area contributed by atoms with Crippen LogP contribution in [0.1, 0.15) is 26.3 Å². The lowest BCUT2D eigenvalue weighted by Gasteiger charge is -2.15. The Bertz CT molecular complexity index is 469. The van der Waals surface area contributed by atoms with Gasteiger partial charge in [0.1, 0.15) is 17.6 Å². The summed E-state index contributed by atoms with van der Waals surface area (Å²) in [6.07, 6.45) is -4.50. The smallest absolute Gasteiger partial charge is 0.420 e. The van der Waals surface area contributed by atoms with E-state index in [1.54, 1.807) is 0 Å². The van der Waals surface area contributed by atoms with Gasteiger partial charge in [-0.2, -0.15) is 13.2 Å². The molecule has 1 aromatic carbocycles. The Morgan fingerprint density at radius 1 is 1.41 bits per heavy atom. The fourth-order valence-electron chi connectivity index (χ4n) is 1.31. The van der Waals surface area contributed by atoms with Gasteiger partial charge in [0.05, 0.1) is 12.7 Å². The second-order valence-electron chi connectivity index (χ2n) is 3.04. The normalized spacial score (nSPS) is 11.1. The summed E-state index contributed by atoms with van der Waals surface area (Å²) in [6, 6.07) is 1.66. The number of alkyl halides is 3. The second kappa shape index (κ2) is 4.75. The molecule has 0 bridgehead atoms. The summed E-state index contributed by atoms with van der Waals surface area (Å²) in [4.78, 5) is 21.5. The molecule has 0 saturated carbocycles. The van der Waals surface area contributed by atoms with Gasteiger partial charge in [-0.05, 0) is 23.7 Å². The molecule has 0 radical (unpaired) electrons. The van der Waals surface area contributed by atoms with Crippen molar-refractivity contribution in [2.24, 2.45) is 0 Å². The van der Waals surface area contributed by atoms with Gasteiger partial charge in [0.2, 0.25) is 0 Å². The minimum atomic E-state index is -4.80. The molecule has 1 aromatic rings. The maximum absolute atomic E-state index is 12.7. The summed E-state index contributed by atoms with van der Waals surface area (Å²) in [5, 5.41) is -1.31. The first-order valence-corrected chi connectivity index (χ1v) is 4.63. The molecule has 0 N–H and O–H groups in total. The number of carbonyl (C=O) groups excluding carboxylic acids is 2. The Labute approximate surface area is 99.1 Å². The molecular weight excluding hydrogens is 261 g/mol. The van der Waals surface area contributed by atoms with Crippen molar-refractivity contribution in [2.45, 2.75) is 6.18 Å². The molecule has 0 fully saturated rings. The summed E-state index contributed by atoms with van der Waals surface area (Å²) in [7, 11) is 1.00. The molecule has 0 aliphatic heterocycles. The Hall–Kier alpha value is -1.56. The van der Waals surface area contributed by atoms with Gasteiger partial charge in [0.25, 0.3) is 5.24 Å². The van der Waals surface area contributed by atoms with Gasteiger partial charge in [-0.1, -0.05) is 0 Å². The van der Waals surface area contributed by atoms with Crippen molar-refractivity contribution in [3.8, 4) is 5.75 Å². The van der Waals surface area contributed by atoms with Crippen LogP contribution in [0.5, 0.6) is 5.75 Å². The molecule has 0 aliphatic carbocycles. The SMILES string of the molecule is COc1cc(C=O)cc(C(=O)Cl)c1C(F)(F)F. The molecule has 3 nitrogen and oxygen atoms in total. The number of hydrogen-bond acceptors (Lipinski definition) is 3. The van der Waals surface area contributed by atoms with Crippen LogP contribution in [0.25, 0.3) is 0 Å². The van der Waals surface area contributed by atoms with Crippen LogP contribution < -0.4 is 4.74 Å². The van der Waals surface area contributed by atoms with Crippen LogP contribution in [-0.4, -0.2) is 18.6 Å². The Kier molecular flexibility index (Phi) is 3.77. The summed E-state index contributed by atoms with van der Waals surface area (Å²) in [5.74, 6) is -0.619. The third-order valence-electron chi connectivity index (χ3n) is 1.98. The highest BCUT2D eigenvalue weighted by Gasteiger charge is 2.39. The third kappa shape index (κ3) is 2.76. The van der Waals surface area contributed by atoms with E-state index in [0.29, 0.717) is 6.29 Å². The zero-order valence-electron chi connectivity index (χ0n) is 8.47. The van der Waals surface area contributed by atoms with Crippen LogP contribution in [0.3, 0.4) is 0 Å². The fraction of sp³-hybridized carbons (Fsp3) is 0.200. The molecule has 17 heavy (non-hydrogen) atoms. The van der Waals surface area contributed by atoms with Crippen molar-refractivity contribution in [1.82, 2.24) is 0 Å². The molecular formula is C10H6ClF3O3. The van der Waals surface area contributed by atoms with E-state index in [2.05, 4.69) is 4.74 Å². The van der Waals surface area contributed by atoms with E-state index in [0.717, 1.165) is 19.2 Å². The van der Waals surface area contributed by atoms with Gasteiger partial charge >= 0.3 is 6.18 Å². The van der Waals surface area contributed by atoms with Gasteiger partial charge in [0, 0.05) is 5.56 Å². The van der Waals surface area contributed by atoms with Crippen LogP contribution in [0.2, 0.25) is 0 Å². The molecule has 0 atom stereocenters. The Morgan fingerprint density at radius 2 is 2.00 bits per heavy atom. The first-order valence-electron chi connectivity index (χ1n) is 4.25. The van der Waals surface area contributed by atoms with Gasteiger partial charge in [0.15, 0.2) is 0 Å². The van der Waals surface area contributed by atoms with Gasteiger partial charge in [-0.25, -0.2) is 0 Å². The summed E-state index contributed by atoms with van der Waals surface area (Å²) in [6.45, 7) is 0. The third-order valence-corrected chi connectivity index (χ3v) is 2.18. The van der Waals surface area contributed by atoms with E-state index in [-0.39, 0.29) is 5.56 Å². The minimum absolute atomic E-state index is 0.126. The molecule has 92 valence electrons. The summed E-state index contributed by atoms with van der Waals surface area (Å²) < 4.78 is 42.7. The molecule has 1 rings (SSSR count). The number of carbonyl (C=O) groups is 2. The first kappa shape index (κ1) is 13.5. The number of methoxy groups -OCH3 is 1. The van der Waals surface area contributed by atoms with E-state index < -0.39 is 28.3 Å². The van der Waals surface area contributed by atoms with Crippen molar-refractivity contribution in [3.05, 3.63) is 28.8 Å². The molecule has 0 aromatic heterocycles. The van der Waals surface area contributed by atoms with Gasteiger partial charge in [-0.3, -0.25) is 9.59 Å². The first-order chi connectivity index (χ1) is 7.81. The average molecular weight is 267 g/mol. The van der Waals surface area contributed by atoms with Gasteiger partial charge in [-0.15, -0.1) is 0 Å². The highest BCUT2D eigenvalue weighted by molar-refractivity contribution is 6.68. The molecule has 0 aliphatic rings. The van der Waals surface area contributed by atoms with Crippen molar-refractivity contribution in [3.63, 3.8) is 0 Å². The van der Waals surface area contributed by atoms with Crippen molar-refractivity contribution in [2.75, 3.05) is 7.11 Å². The predicted molar refractivity (Wildman–Crippen MR) is 53.6 cm³/mol. The maximum Gasteiger partial charge on any atom is 0.420 e. The van der Waals surface area contributed by atoms with Gasteiger partial charge < -0.3 is 4.74 Å². The van der Waals surface area contributed by atoms with Crippen molar-refractivity contribution >= 4 is 23.1 Å². The minimum Gasteiger partial charge on any atom is -0.496 e. The number of aldehydes is 1. The van der Waals surface area contributed by atoms with E-state index >= 15 is 0 Å². The molecule has 0 amide bonds. The van der Waals surface area contributed by atoms with E-state index in [1.807, 2.05) is 0 Å². The number of hydrogen-bond donors (Lipinski definition) is 0. The highest BCUT2D eigenvalue weighted by atomic mass is 35.5. The Balaban J connectivity index is 3.64. The zero-order chi connectivity index (χ0) is 13.2. The number of benzene rings is 1. The summed E-state index contributed by atoms with van der Waals surface area (Å²) >= 11 is 5.06. The lowest BCUT2D eigenvalue weighted by Crippen LogP contribution is -2.13. The molecule has 0 spiro atoms.